The van der Waals surface area contributed by atoms with Gasteiger partial charge in [-0.25, -0.2) is 4.98 Å². The first-order valence-electron chi connectivity index (χ1n) is 7.62. The predicted octanol–water partition coefficient (Wildman–Crippen LogP) is 1.92. The van der Waals surface area contributed by atoms with Gasteiger partial charge in [-0.05, 0) is 25.0 Å². The Balaban J connectivity index is 1.37. The summed E-state index contributed by atoms with van der Waals surface area (Å²) in [6.45, 7) is 1.02. The lowest BCUT2D eigenvalue weighted by molar-refractivity contribution is -0.129. The highest BCUT2D eigenvalue weighted by Crippen LogP contribution is 2.32. The van der Waals surface area contributed by atoms with Gasteiger partial charge < -0.3 is 10.2 Å². The Labute approximate surface area is 132 Å². The molecule has 1 N–H and O–H groups in total. The molecule has 1 aliphatic heterocycles. The second-order valence-corrected chi connectivity index (χ2v) is 7.09. The summed E-state index contributed by atoms with van der Waals surface area (Å²) in [5, 5.41) is 3.83. The number of thiazole rings is 1. The number of nitrogens with zero attached hydrogens (tertiary/aromatic N) is 2. The summed E-state index contributed by atoms with van der Waals surface area (Å²) in [5.41, 5.74) is 0.965. The molecule has 6 heteroatoms. The Hall–Kier alpha value is -1.95. The molecule has 2 fully saturated rings. The fraction of sp³-hybridized carbons (Fsp3) is 0.438. The molecule has 1 saturated heterocycles. The number of rotatable bonds is 4. The van der Waals surface area contributed by atoms with Crippen molar-refractivity contribution >= 4 is 33.4 Å². The van der Waals surface area contributed by atoms with Gasteiger partial charge in [-0.2, -0.15) is 0 Å². The molecule has 1 aromatic carbocycles. The van der Waals surface area contributed by atoms with Crippen molar-refractivity contribution in [3.63, 3.8) is 0 Å². The van der Waals surface area contributed by atoms with E-state index >= 15 is 0 Å². The van der Waals surface area contributed by atoms with Gasteiger partial charge in [0.05, 0.1) is 22.7 Å². The summed E-state index contributed by atoms with van der Waals surface area (Å²) in [5.74, 6) is -0.110. The molecular formula is C16H17N3O2S. The maximum absolute atomic E-state index is 12.3. The van der Waals surface area contributed by atoms with Crippen LogP contribution in [0.1, 0.15) is 24.3 Å². The molecule has 2 aliphatic rings. The minimum absolute atomic E-state index is 0.0317. The SMILES string of the molecule is O=C(NCc1nc2ccccc2s1)C1CC(=O)N(C2CC2)C1. The summed E-state index contributed by atoms with van der Waals surface area (Å²) >= 11 is 1.59. The first-order valence-corrected chi connectivity index (χ1v) is 8.44. The molecular weight excluding hydrogens is 298 g/mol. The standard InChI is InChI=1S/C16H17N3O2S/c20-15-7-10(9-19(15)11-5-6-11)16(21)17-8-14-18-12-3-1-2-4-13(12)22-14/h1-4,10-11H,5-9H2,(H,17,21). The van der Waals surface area contributed by atoms with E-state index in [-0.39, 0.29) is 17.7 Å². The Morgan fingerprint density at radius 2 is 2.18 bits per heavy atom. The lowest BCUT2D eigenvalue weighted by Crippen LogP contribution is -2.33. The van der Waals surface area contributed by atoms with Crippen molar-refractivity contribution in [1.82, 2.24) is 15.2 Å². The number of amides is 2. The van der Waals surface area contributed by atoms with Gasteiger partial charge in [-0.3, -0.25) is 9.59 Å². The molecule has 0 bridgehead atoms. The Morgan fingerprint density at radius 1 is 1.36 bits per heavy atom. The quantitative estimate of drug-likeness (QED) is 0.937. The monoisotopic (exact) mass is 315 g/mol. The molecule has 0 radical (unpaired) electrons. The zero-order valence-electron chi connectivity index (χ0n) is 12.1. The van der Waals surface area contributed by atoms with E-state index in [4.69, 9.17) is 0 Å². The molecule has 4 rings (SSSR count). The minimum Gasteiger partial charge on any atom is -0.349 e. The number of carbonyl (C=O) groups is 2. The lowest BCUT2D eigenvalue weighted by atomic mass is 10.1. The van der Waals surface area contributed by atoms with E-state index in [1.165, 1.54) is 0 Å². The molecule has 1 unspecified atom stereocenters. The van der Waals surface area contributed by atoms with E-state index < -0.39 is 0 Å². The van der Waals surface area contributed by atoms with Crippen LogP contribution in [0.25, 0.3) is 10.2 Å². The van der Waals surface area contributed by atoms with Crippen molar-refractivity contribution in [2.24, 2.45) is 5.92 Å². The number of fused-ring (bicyclic) bond motifs is 1. The first-order chi connectivity index (χ1) is 10.7. The lowest BCUT2D eigenvalue weighted by Gasteiger charge is -2.15. The number of benzene rings is 1. The molecule has 5 nitrogen and oxygen atoms in total. The normalized spacial score (nSPS) is 21.5. The van der Waals surface area contributed by atoms with Crippen LogP contribution in [-0.4, -0.2) is 34.3 Å². The summed E-state index contributed by atoms with van der Waals surface area (Å²) in [7, 11) is 0. The van der Waals surface area contributed by atoms with Crippen molar-refractivity contribution in [2.45, 2.75) is 31.8 Å². The first kappa shape index (κ1) is 13.7. The van der Waals surface area contributed by atoms with Crippen LogP contribution in [0.4, 0.5) is 0 Å². The van der Waals surface area contributed by atoms with Crippen molar-refractivity contribution < 1.29 is 9.59 Å². The van der Waals surface area contributed by atoms with Crippen molar-refractivity contribution in [3.8, 4) is 0 Å². The van der Waals surface area contributed by atoms with Crippen LogP contribution in [0.3, 0.4) is 0 Å². The van der Waals surface area contributed by atoms with Crippen molar-refractivity contribution in [2.75, 3.05) is 6.54 Å². The van der Waals surface area contributed by atoms with Gasteiger partial charge in [0.2, 0.25) is 11.8 Å². The second-order valence-electron chi connectivity index (χ2n) is 5.97. The number of aromatic nitrogens is 1. The summed E-state index contributed by atoms with van der Waals surface area (Å²) in [4.78, 5) is 30.5. The Morgan fingerprint density at radius 3 is 2.95 bits per heavy atom. The largest absolute Gasteiger partial charge is 0.349 e. The highest BCUT2D eigenvalue weighted by molar-refractivity contribution is 7.18. The maximum atomic E-state index is 12.3. The fourth-order valence-corrected chi connectivity index (χ4v) is 3.86. The van der Waals surface area contributed by atoms with E-state index in [1.807, 2.05) is 29.2 Å². The number of hydrogen-bond donors (Lipinski definition) is 1. The molecule has 1 aliphatic carbocycles. The van der Waals surface area contributed by atoms with E-state index in [9.17, 15) is 9.59 Å². The molecule has 22 heavy (non-hydrogen) atoms. The second kappa shape index (κ2) is 5.35. The Bertz CT molecular complexity index is 705. The third-order valence-corrected chi connectivity index (χ3v) is 5.31. The Kier molecular flexibility index (Phi) is 3.33. The van der Waals surface area contributed by atoms with Gasteiger partial charge in [-0.1, -0.05) is 12.1 Å². The van der Waals surface area contributed by atoms with Crippen molar-refractivity contribution in [3.05, 3.63) is 29.3 Å². The molecule has 2 heterocycles. The van der Waals surface area contributed by atoms with Gasteiger partial charge >= 0.3 is 0 Å². The van der Waals surface area contributed by atoms with Crippen LogP contribution >= 0.6 is 11.3 Å². The van der Waals surface area contributed by atoms with E-state index in [2.05, 4.69) is 10.3 Å². The molecule has 1 saturated carbocycles. The van der Waals surface area contributed by atoms with Crippen LogP contribution < -0.4 is 5.32 Å². The van der Waals surface area contributed by atoms with E-state index in [0.717, 1.165) is 28.1 Å². The zero-order chi connectivity index (χ0) is 15.1. The highest BCUT2D eigenvalue weighted by Gasteiger charge is 2.41. The van der Waals surface area contributed by atoms with E-state index in [1.54, 1.807) is 11.3 Å². The molecule has 0 spiro atoms. The molecule has 1 aromatic heterocycles. The van der Waals surface area contributed by atoms with Gasteiger partial charge in [0.25, 0.3) is 0 Å². The number of likely N-dealkylation sites (tertiary alicyclic amines) is 1. The third kappa shape index (κ3) is 2.59. The van der Waals surface area contributed by atoms with Crippen LogP contribution in [0, 0.1) is 5.92 Å². The number of nitrogens with one attached hydrogen (secondary N) is 1. The summed E-state index contributed by atoms with van der Waals surface area (Å²) in [6, 6.07) is 8.34. The van der Waals surface area contributed by atoms with Gasteiger partial charge in [0.15, 0.2) is 0 Å². The minimum atomic E-state index is -0.206. The molecule has 114 valence electrons. The average molecular weight is 315 g/mol. The van der Waals surface area contributed by atoms with Crippen LogP contribution in [0.5, 0.6) is 0 Å². The van der Waals surface area contributed by atoms with Crippen molar-refractivity contribution in [1.29, 1.82) is 0 Å². The number of carbonyl (C=O) groups excluding carboxylic acids is 2. The smallest absolute Gasteiger partial charge is 0.225 e. The topological polar surface area (TPSA) is 62.3 Å². The predicted molar refractivity (Wildman–Crippen MR) is 84.3 cm³/mol. The molecule has 1 atom stereocenters. The number of para-hydroxylation sites is 1. The van der Waals surface area contributed by atoms with Gasteiger partial charge in [0, 0.05) is 19.0 Å². The maximum Gasteiger partial charge on any atom is 0.225 e. The summed E-state index contributed by atoms with van der Waals surface area (Å²) < 4.78 is 1.13. The highest BCUT2D eigenvalue weighted by atomic mass is 32.1. The number of hydrogen-bond acceptors (Lipinski definition) is 4. The average Bonchev–Trinajstić information content (AvgIpc) is 3.15. The third-order valence-electron chi connectivity index (χ3n) is 4.27. The van der Waals surface area contributed by atoms with Crippen LogP contribution in [0.2, 0.25) is 0 Å². The fourth-order valence-electron chi connectivity index (χ4n) is 2.95. The van der Waals surface area contributed by atoms with Crippen LogP contribution in [0.15, 0.2) is 24.3 Å². The summed E-state index contributed by atoms with van der Waals surface area (Å²) in [6.07, 6.45) is 2.53. The zero-order valence-corrected chi connectivity index (χ0v) is 12.9. The van der Waals surface area contributed by atoms with Gasteiger partial charge in [0.1, 0.15) is 5.01 Å². The van der Waals surface area contributed by atoms with Crippen LogP contribution in [-0.2, 0) is 16.1 Å². The van der Waals surface area contributed by atoms with Gasteiger partial charge in [-0.15, -0.1) is 11.3 Å². The molecule has 2 aromatic rings. The van der Waals surface area contributed by atoms with E-state index in [0.29, 0.717) is 25.6 Å². The molecule has 2 amide bonds.